The summed E-state index contributed by atoms with van der Waals surface area (Å²) in [4.78, 5) is 0. The summed E-state index contributed by atoms with van der Waals surface area (Å²) in [5.41, 5.74) is 21.4. The number of hydrogen-bond acceptors (Lipinski definition) is 0. The Kier molecular flexibility index (Phi) is 17.6. The molecule has 3 aliphatic carbocycles. The van der Waals surface area contributed by atoms with E-state index in [4.69, 9.17) is 5.48 Å². The van der Waals surface area contributed by atoms with Crippen molar-refractivity contribution >= 4 is 0 Å². The van der Waals surface area contributed by atoms with Crippen molar-refractivity contribution in [2.45, 2.75) is 130 Å². The van der Waals surface area contributed by atoms with Gasteiger partial charge in [0.2, 0.25) is 17.1 Å². The van der Waals surface area contributed by atoms with Crippen LogP contribution in [0, 0.1) is 44.4 Å². The Hall–Kier alpha value is -7.23. The molecule has 0 amide bonds. The van der Waals surface area contributed by atoms with Crippen LogP contribution in [0.4, 0.5) is 0 Å². The molecule has 2 atom stereocenters. The maximum Gasteiger partial charge on any atom is 0.212 e. The minimum Gasteiger partial charge on any atom is -0.200 e. The Morgan fingerprint density at radius 3 is 1.20 bits per heavy atom. The van der Waals surface area contributed by atoms with Gasteiger partial charge in [-0.25, -0.2) is 13.7 Å². The smallest absolute Gasteiger partial charge is 0.200 e. The molecule has 81 heavy (non-hydrogen) atoms. The van der Waals surface area contributed by atoms with Gasteiger partial charge in [-0.2, -0.15) is 0 Å². The second-order valence-corrected chi connectivity index (χ2v) is 24.0. The van der Waals surface area contributed by atoms with E-state index < -0.39 is 12.7 Å². The monoisotopic (exact) mass is 1070 g/mol. The first-order valence-electron chi connectivity index (χ1n) is 32.5. The zero-order valence-corrected chi connectivity index (χ0v) is 49.6. The van der Waals surface area contributed by atoms with Gasteiger partial charge in [-0.05, 0) is 163 Å². The molecule has 0 saturated heterocycles. The van der Waals surface area contributed by atoms with E-state index >= 15 is 0 Å². The highest BCUT2D eigenvalue weighted by Crippen LogP contribution is 2.35. The van der Waals surface area contributed by atoms with Gasteiger partial charge in [0, 0.05) is 57.1 Å². The van der Waals surface area contributed by atoms with Crippen LogP contribution in [0.1, 0.15) is 129 Å². The van der Waals surface area contributed by atoms with Gasteiger partial charge < -0.3 is 0 Å². The van der Waals surface area contributed by atoms with Gasteiger partial charge in [-0.15, -0.1) is 0 Å². The Morgan fingerprint density at radius 1 is 0.358 bits per heavy atom. The van der Waals surface area contributed by atoms with Gasteiger partial charge in [0.05, 0.1) is 0 Å². The highest BCUT2D eigenvalue weighted by molar-refractivity contribution is 5.69. The maximum absolute atomic E-state index is 8.79. The van der Waals surface area contributed by atoms with Crippen molar-refractivity contribution in [3.63, 3.8) is 0 Å². The largest absolute Gasteiger partial charge is 0.212 e. The highest BCUT2D eigenvalue weighted by atomic mass is 14.9. The summed E-state index contributed by atoms with van der Waals surface area (Å²) in [6, 6.07) is 64.0. The van der Waals surface area contributed by atoms with E-state index in [2.05, 4.69) is 233 Å². The van der Waals surface area contributed by atoms with Crippen molar-refractivity contribution in [1.29, 1.82) is 0 Å². The number of aromatic nitrogens is 3. The second kappa shape index (κ2) is 27.5. The molecule has 12 rings (SSSR count). The predicted octanol–water partition coefficient (Wildman–Crippen LogP) is 18.7. The van der Waals surface area contributed by atoms with Crippen LogP contribution in [0.15, 0.2) is 201 Å². The summed E-state index contributed by atoms with van der Waals surface area (Å²) in [6.45, 7) is 8.69. The topological polar surface area (TPSA) is 11.6 Å². The minimum atomic E-state index is -1.27. The lowest BCUT2D eigenvalue weighted by atomic mass is 9.85. The number of benzene rings is 6. The van der Waals surface area contributed by atoms with Crippen LogP contribution in [0.25, 0.3) is 67.2 Å². The van der Waals surface area contributed by atoms with E-state index in [9.17, 15) is 0 Å². The standard InChI is InChI=1S/3C26H30N/c1-19-11-12-22(15-19)16-21-8-6-9-23(17-21)24-13-14-26(27(3)18-24)25-10-5-4-7-20(25)2;2*1-20-8-6-7-11-25(20)26-17-16-24(19-27(26)2)23-14-12-22(13-15-23)18-21-9-4-3-5-10-21/h4-10,13-14,17-19,22H,11-12,15-16H2,1-3H3;2*6-8,11-17,19,21H,3-5,9-10,18H2,1-2H3/q3*+1/i16D2;18D2;. The summed E-state index contributed by atoms with van der Waals surface area (Å²) >= 11 is 0. The number of aryl methyl sites for hydroxylation is 6. The van der Waals surface area contributed by atoms with Gasteiger partial charge >= 0.3 is 0 Å². The molecule has 0 radical (unpaired) electrons. The zero-order valence-electron chi connectivity index (χ0n) is 53.6. The van der Waals surface area contributed by atoms with E-state index in [1.165, 1.54) is 112 Å². The molecule has 3 heterocycles. The number of pyridine rings is 3. The van der Waals surface area contributed by atoms with Crippen LogP contribution < -0.4 is 13.7 Å². The first kappa shape index (κ1) is 51.9. The normalized spacial score (nSPS) is 17.6. The highest BCUT2D eigenvalue weighted by Gasteiger charge is 2.23. The molecule has 0 N–H and O–H groups in total. The molecule has 0 bridgehead atoms. The third-order valence-corrected chi connectivity index (χ3v) is 17.7. The summed E-state index contributed by atoms with van der Waals surface area (Å²) < 4.78 is 41.5. The number of nitrogens with zero attached hydrogens (tertiary/aromatic N) is 3. The molecule has 414 valence electrons. The average Bonchev–Trinajstić information content (AvgIpc) is 3.62. The molecule has 3 nitrogen and oxygen atoms in total. The Balaban J connectivity index is 0.000000142. The summed E-state index contributed by atoms with van der Waals surface area (Å²) in [5, 5.41) is 0. The Bertz CT molecular complexity index is 3680. The van der Waals surface area contributed by atoms with Crippen LogP contribution in [0.2, 0.25) is 0 Å². The minimum absolute atomic E-state index is 0.118. The molecular formula is C78H90N3+3. The molecule has 2 unspecified atom stereocenters. The first-order valence-corrected chi connectivity index (χ1v) is 30.5. The zero-order chi connectivity index (χ0) is 59.7. The van der Waals surface area contributed by atoms with Gasteiger partial charge in [0.25, 0.3) is 0 Å². The van der Waals surface area contributed by atoms with Crippen LogP contribution in [0.5, 0.6) is 0 Å². The van der Waals surface area contributed by atoms with Gasteiger partial charge in [-0.1, -0.05) is 205 Å². The van der Waals surface area contributed by atoms with Crippen molar-refractivity contribution < 1.29 is 19.2 Å². The number of rotatable bonds is 12. The third-order valence-electron chi connectivity index (χ3n) is 17.7. The number of hydrogen-bond donors (Lipinski definition) is 0. The van der Waals surface area contributed by atoms with Crippen molar-refractivity contribution in [2.75, 3.05) is 0 Å². The predicted molar refractivity (Wildman–Crippen MR) is 340 cm³/mol. The Morgan fingerprint density at radius 2 is 0.765 bits per heavy atom. The maximum atomic E-state index is 8.79. The molecule has 0 spiro atoms. The van der Waals surface area contributed by atoms with Gasteiger partial charge in [0.15, 0.2) is 18.6 Å². The molecule has 0 aliphatic heterocycles. The third kappa shape index (κ3) is 15.0. The average molecular weight is 1070 g/mol. The SMILES string of the molecule is Cc1ccccc1-c1ccc(-c2ccc(CC3CCCCC3)cc2)c[n+]1C.[2H]C([2H])(c1ccc(-c2ccc(-c3ccccc3C)[n+](C)c2)cc1)C1CCCCC1.[2H]C([2H])(c1cccc(-c2ccc(-c3ccccc3C)[n+](C)c2)c1)C1CCC(C)C1. The van der Waals surface area contributed by atoms with E-state index in [0.29, 0.717) is 5.92 Å². The fraction of sp³-hybridized carbons (Fsp3) is 0.346. The summed E-state index contributed by atoms with van der Waals surface area (Å²) in [6.07, 6.45) is 21.1. The molecular weight excluding hydrogens is 979 g/mol. The molecule has 3 saturated carbocycles. The van der Waals surface area contributed by atoms with Crippen molar-refractivity contribution in [3.05, 3.63) is 234 Å². The van der Waals surface area contributed by atoms with Crippen molar-refractivity contribution in [1.82, 2.24) is 0 Å². The van der Waals surface area contributed by atoms with Gasteiger partial charge in [-0.3, -0.25) is 0 Å². The fourth-order valence-corrected chi connectivity index (χ4v) is 12.9. The van der Waals surface area contributed by atoms with E-state index in [1.807, 2.05) is 30.3 Å². The lowest BCUT2D eigenvalue weighted by Gasteiger charge is -2.21. The molecule has 3 aromatic heterocycles. The van der Waals surface area contributed by atoms with E-state index in [-0.39, 0.29) is 11.8 Å². The molecule has 3 fully saturated rings. The molecule has 3 aliphatic rings. The lowest BCUT2D eigenvalue weighted by molar-refractivity contribution is -0.660. The lowest BCUT2D eigenvalue weighted by Crippen LogP contribution is -2.30. The Labute approximate surface area is 493 Å². The van der Waals surface area contributed by atoms with Crippen LogP contribution >= 0.6 is 0 Å². The molecule has 9 aromatic rings. The molecule has 3 heteroatoms. The van der Waals surface area contributed by atoms with Crippen LogP contribution in [-0.2, 0) is 40.3 Å². The summed E-state index contributed by atoms with van der Waals surface area (Å²) in [5.74, 6) is 1.79. The fourth-order valence-electron chi connectivity index (χ4n) is 12.9. The van der Waals surface area contributed by atoms with Crippen LogP contribution in [-0.4, -0.2) is 0 Å². The quantitative estimate of drug-likeness (QED) is 0.108. The van der Waals surface area contributed by atoms with E-state index in [1.54, 1.807) is 0 Å². The first-order chi connectivity index (χ1) is 41.0. The van der Waals surface area contributed by atoms with E-state index in [0.717, 1.165) is 84.2 Å². The van der Waals surface area contributed by atoms with Gasteiger partial charge in [0.1, 0.15) is 21.1 Å². The van der Waals surface area contributed by atoms with Crippen molar-refractivity contribution in [3.8, 4) is 67.2 Å². The summed E-state index contributed by atoms with van der Waals surface area (Å²) in [7, 11) is 6.30. The molecule has 6 aromatic carbocycles. The second-order valence-electron chi connectivity index (χ2n) is 24.0. The van der Waals surface area contributed by atoms with Crippen molar-refractivity contribution in [2.24, 2.45) is 44.8 Å². The van der Waals surface area contributed by atoms with Crippen LogP contribution in [0.3, 0.4) is 0 Å².